The van der Waals surface area contributed by atoms with Crippen molar-refractivity contribution >= 4 is 11.8 Å². The van der Waals surface area contributed by atoms with Gasteiger partial charge in [-0.15, -0.1) is 0 Å². The van der Waals surface area contributed by atoms with Crippen LogP contribution in [0.1, 0.15) is 11.1 Å². The van der Waals surface area contributed by atoms with Crippen molar-refractivity contribution in [1.29, 1.82) is 0 Å². The second-order valence-corrected chi connectivity index (χ2v) is 3.85. The quantitative estimate of drug-likeness (QED) is 0.760. The lowest BCUT2D eigenvalue weighted by atomic mass is 10.0. The fourth-order valence-corrected chi connectivity index (χ4v) is 1.64. The van der Waals surface area contributed by atoms with E-state index in [4.69, 9.17) is 11.5 Å². The van der Waals surface area contributed by atoms with Gasteiger partial charge < -0.3 is 11.5 Å². The van der Waals surface area contributed by atoms with Gasteiger partial charge in [0, 0.05) is 11.6 Å². The Bertz CT molecular complexity index is 514. The van der Waals surface area contributed by atoms with Gasteiger partial charge in [0.2, 0.25) is 5.95 Å². The molecule has 4 nitrogen and oxygen atoms in total. The van der Waals surface area contributed by atoms with Crippen LogP contribution >= 0.6 is 0 Å². The molecule has 0 saturated heterocycles. The van der Waals surface area contributed by atoms with Crippen LogP contribution in [0.15, 0.2) is 24.3 Å². The highest BCUT2D eigenvalue weighted by Gasteiger charge is 2.06. The van der Waals surface area contributed by atoms with E-state index in [0.29, 0.717) is 5.82 Å². The summed E-state index contributed by atoms with van der Waals surface area (Å²) in [7, 11) is 0. The maximum Gasteiger partial charge on any atom is 0.222 e. The first-order valence-corrected chi connectivity index (χ1v) is 5.04. The maximum atomic E-state index is 5.65. The van der Waals surface area contributed by atoms with E-state index in [1.54, 1.807) is 6.07 Å². The highest BCUT2D eigenvalue weighted by Crippen LogP contribution is 2.24. The lowest BCUT2D eigenvalue weighted by Crippen LogP contribution is -2.01. The molecule has 0 unspecified atom stereocenters. The number of nitrogen functional groups attached to an aromatic ring is 2. The summed E-state index contributed by atoms with van der Waals surface area (Å²) in [4.78, 5) is 8.05. The fourth-order valence-electron chi connectivity index (χ4n) is 1.64. The van der Waals surface area contributed by atoms with E-state index in [-0.39, 0.29) is 5.95 Å². The molecule has 4 heteroatoms. The largest absolute Gasteiger partial charge is 0.384 e. The molecule has 0 radical (unpaired) electrons. The Balaban J connectivity index is 2.62. The summed E-state index contributed by atoms with van der Waals surface area (Å²) >= 11 is 0. The second-order valence-electron chi connectivity index (χ2n) is 3.85. The van der Waals surface area contributed by atoms with Crippen LogP contribution in [-0.2, 0) is 0 Å². The monoisotopic (exact) mass is 214 g/mol. The fraction of sp³-hybridized carbons (Fsp3) is 0.167. The number of hydrogen-bond donors (Lipinski definition) is 2. The Morgan fingerprint density at radius 2 is 1.75 bits per heavy atom. The number of hydrogen-bond acceptors (Lipinski definition) is 4. The zero-order valence-electron chi connectivity index (χ0n) is 9.36. The lowest BCUT2D eigenvalue weighted by Gasteiger charge is -2.07. The van der Waals surface area contributed by atoms with Gasteiger partial charge in [-0.2, -0.15) is 4.98 Å². The summed E-state index contributed by atoms with van der Waals surface area (Å²) in [5.41, 5.74) is 15.4. The summed E-state index contributed by atoms with van der Waals surface area (Å²) in [6.45, 7) is 4.07. The molecule has 4 N–H and O–H groups in total. The summed E-state index contributed by atoms with van der Waals surface area (Å²) in [5, 5.41) is 0. The molecule has 16 heavy (non-hydrogen) atoms. The highest BCUT2D eigenvalue weighted by molar-refractivity contribution is 5.67. The number of benzene rings is 1. The van der Waals surface area contributed by atoms with Crippen LogP contribution in [0.3, 0.4) is 0 Å². The molecule has 0 aliphatic heterocycles. The molecule has 82 valence electrons. The second kappa shape index (κ2) is 3.81. The average molecular weight is 214 g/mol. The normalized spacial score (nSPS) is 10.4. The molecular formula is C12H14N4. The third-order valence-corrected chi connectivity index (χ3v) is 2.43. The molecule has 1 aromatic carbocycles. The molecule has 0 saturated carbocycles. The molecule has 0 fully saturated rings. The predicted molar refractivity (Wildman–Crippen MR) is 65.8 cm³/mol. The van der Waals surface area contributed by atoms with Gasteiger partial charge in [0.1, 0.15) is 5.82 Å². The van der Waals surface area contributed by atoms with E-state index in [1.807, 2.05) is 13.8 Å². The van der Waals surface area contributed by atoms with E-state index in [0.717, 1.165) is 16.8 Å². The van der Waals surface area contributed by atoms with Crippen molar-refractivity contribution < 1.29 is 0 Å². The van der Waals surface area contributed by atoms with Crippen molar-refractivity contribution in [2.75, 3.05) is 11.5 Å². The van der Waals surface area contributed by atoms with E-state index in [1.165, 1.54) is 5.56 Å². The van der Waals surface area contributed by atoms with Crippen LogP contribution in [0, 0.1) is 13.8 Å². The van der Waals surface area contributed by atoms with Gasteiger partial charge in [-0.3, -0.25) is 0 Å². The summed E-state index contributed by atoms with van der Waals surface area (Å²) in [6.07, 6.45) is 0. The topological polar surface area (TPSA) is 77.8 Å². The number of aryl methyl sites for hydroxylation is 2. The first-order valence-electron chi connectivity index (χ1n) is 5.04. The predicted octanol–water partition coefficient (Wildman–Crippen LogP) is 1.92. The van der Waals surface area contributed by atoms with Gasteiger partial charge in [0.05, 0.1) is 5.69 Å². The minimum atomic E-state index is 0.205. The smallest absolute Gasteiger partial charge is 0.222 e. The molecular weight excluding hydrogens is 200 g/mol. The van der Waals surface area contributed by atoms with Crippen molar-refractivity contribution in [2.45, 2.75) is 13.8 Å². The minimum Gasteiger partial charge on any atom is -0.384 e. The van der Waals surface area contributed by atoms with Gasteiger partial charge >= 0.3 is 0 Å². The van der Waals surface area contributed by atoms with Crippen molar-refractivity contribution in [3.8, 4) is 11.3 Å². The van der Waals surface area contributed by atoms with E-state index < -0.39 is 0 Å². The summed E-state index contributed by atoms with van der Waals surface area (Å²) in [5.74, 6) is 0.597. The molecule has 0 atom stereocenters. The Morgan fingerprint density at radius 1 is 1.00 bits per heavy atom. The van der Waals surface area contributed by atoms with Crippen LogP contribution in [0.5, 0.6) is 0 Å². The minimum absolute atomic E-state index is 0.205. The third-order valence-electron chi connectivity index (χ3n) is 2.43. The van der Waals surface area contributed by atoms with E-state index >= 15 is 0 Å². The Hall–Kier alpha value is -2.10. The molecule has 2 rings (SSSR count). The molecule has 0 aliphatic rings. The lowest BCUT2D eigenvalue weighted by molar-refractivity contribution is 1.19. The zero-order chi connectivity index (χ0) is 11.7. The molecule has 1 heterocycles. The Morgan fingerprint density at radius 3 is 2.44 bits per heavy atom. The van der Waals surface area contributed by atoms with Gasteiger partial charge in [0.15, 0.2) is 0 Å². The SMILES string of the molecule is Cc1ccc(C)c(-c2cc(N)nc(N)n2)c1. The highest BCUT2D eigenvalue weighted by atomic mass is 15.0. The van der Waals surface area contributed by atoms with Crippen molar-refractivity contribution in [2.24, 2.45) is 0 Å². The van der Waals surface area contributed by atoms with Crippen LogP contribution < -0.4 is 11.5 Å². The molecule has 0 amide bonds. The standard InChI is InChI=1S/C12H14N4/c1-7-3-4-8(2)9(5-7)10-6-11(13)16-12(14)15-10/h3-6H,1-2H3,(H4,13,14,15,16). The van der Waals surface area contributed by atoms with Crippen molar-refractivity contribution in [3.05, 3.63) is 35.4 Å². The average Bonchev–Trinajstić information content (AvgIpc) is 2.20. The van der Waals surface area contributed by atoms with Gasteiger partial charge in [-0.05, 0) is 25.5 Å². The third kappa shape index (κ3) is 1.95. The molecule has 1 aromatic heterocycles. The maximum absolute atomic E-state index is 5.65. The molecule has 0 bridgehead atoms. The van der Waals surface area contributed by atoms with E-state index in [2.05, 4.69) is 28.2 Å². The van der Waals surface area contributed by atoms with Crippen LogP contribution in [0.4, 0.5) is 11.8 Å². The van der Waals surface area contributed by atoms with Gasteiger partial charge in [-0.1, -0.05) is 17.7 Å². The number of rotatable bonds is 1. The van der Waals surface area contributed by atoms with Crippen LogP contribution in [0.2, 0.25) is 0 Å². The first kappa shape index (κ1) is 10.4. The van der Waals surface area contributed by atoms with Crippen LogP contribution in [-0.4, -0.2) is 9.97 Å². The van der Waals surface area contributed by atoms with Crippen LogP contribution in [0.25, 0.3) is 11.3 Å². The van der Waals surface area contributed by atoms with Gasteiger partial charge in [-0.25, -0.2) is 4.98 Å². The number of nitrogens with two attached hydrogens (primary N) is 2. The Labute approximate surface area is 94.3 Å². The van der Waals surface area contributed by atoms with Crippen molar-refractivity contribution in [1.82, 2.24) is 9.97 Å². The zero-order valence-corrected chi connectivity index (χ0v) is 9.36. The number of aromatic nitrogens is 2. The van der Waals surface area contributed by atoms with Crippen molar-refractivity contribution in [3.63, 3.8) is 0 Å². The first-order chi connectivity index (χ1) is 7.56. The number of anilines is 2. The Kier molecular flexibility index (Phi) is 2.48. The molecule has 0 aliphatic carbocycles. The van der Waals surface area contributed by atoms with Gasteiger partial charge in [0.25, 0.3) is 0 Å². The molecule has 2 aromatic rings. The molecule has 0 spiro atoms. The summed E-state index contributed by atoms with van der Waals surface area (Å²) < 4.78 is 0. The number of nitrogens with zero attached hydrogens (tertiary/aromatic N) is 2. The van der Waals surface area contributed by atoms with E-state index in [9.17, 15) is 0 Å². The summed E-state index contributed by atoms with van der Waals surface area (Å²) in [6, 6.07) is 7.92.